The summed E-state index contributed by atoms with van der Waals surface area (Å²) in [5.74, 6) is 0. The van der Waals surface area contributed by atoms with Gasteiger partial charge in [0.1, 0.15) is 18.3 Å². The SMILES string of the molecule is O=c1ccn(C2OC(COP(=O)([O-])OP(=O)([O-])OP(=O)([O-])[O-])C(O)C2O)c(=S)[nH]1.[Na+].[Na+].[Na+].[Na+]. The molecule has 1 saturated heterocycles. The third-order valence-corrected chi connectivity index (χ3v) is 7.24. The second-order valence-electron chi connectivity index (χ2n) is 5.36. The number of aromatic amines is 1. The zero-order chi connectivity index (χ0) is 22.2. The van der Waals surface area contributed by atoms with Crippen LogP contribution in [0, 0.1) is 4.77 Å². The van der Waals surface area contributed by atoms with Crippen LogP contribution in [0.4, 0.5) is 0 Å². The Hall–Kier alpha value is 3.39. The average Bonchev–Trinajstić information content (AvgIpc) is 2.78. The van der Waals surface area contributed by atoms with Gasteiger partial charge in [-0.2, -0.15) is 0 Å². The number of nitrogens with zero attached hydrogens (tertiary/aromatic N) is 1. The van der Waals surface area contributed by atoms with Crippen molar-refractivity contribution in [1.29, 1.82) is 0 Å². The molecule has 0 bridgehead atoms. The Morgan fingerprint density at radius 1 is 1.03 bits per heavy atom. The van der Waals surface area contributed by atoms with E-state index in [2.05, 4.69) is 18.1 Å². The first-order valence-electron chi connectivity index (χ1n) is 7.15. The molecule has 166 valence electrons. The van der Waals surface area contributed by atoms with Crippen LogP contribution in [0.3, 0.4) is 0 Å². The number of H-pyrrole nitrogens is 1. The molecular weight excluding hydrogens is 577 g/mol. The van der Waals surface area contributed by atoms with Gasteiger partial charge >= 0.3 is 118 Å². The molecule has 1 aromatic heterocycles. The van der Waals surface area contributed by atoms with Gasteiger partial charge in [-0.15, -0.1) is 0 Å². The van der Waals surface area contributed by atoms with Crippen LogP contribution in [0.1, 0.15) is 6.23 Å². The Morgan fingerprint density at radius 3 is 2.06 bits per heavy atom. The summed E-state index contributed by atoms with van der Waals surface area (Å²) in [5.41, 5.74) is -0.562. The van der Waals surface area contributed by atoms with Gasteiger partial charge in [0.2, 0.25) is 0 Å². The molecular formula is C9H11N2Na4O14P3S. The third kappa shape index (κ3) is 13.3. The fraction of sp³-hybridized carbons (Fsp3) is 0.556. The van der Waals surface area contributed by atoms with Crippen molar-refractivity contribution in [2.24, 2.45) is 0 Å². The quantitative estimate of drug-likeness (QED) is 0.145. The van der Waals surface area contributed by atoms with Crippen LogP contribution in [0.25, 0.3) is 0 Å². The van der Waals surface area contributed by atoms with Crippen molar-refractivity contribution in [2.45, 2.75) is 24.5 Å². The van der Waals surface area contributed by atoms with Crippen LogP contribution in [-0.2, 0) is 31.6 Å². The van der Waals surface area contributed by atoms with Crippen LogP contribution in [0.2, 0.25) is 0 Å². The van der Waals surface area contributed by atoms with Crippen LogP contribution < -0.4 is 143 Å². The van der Waals surface area contributed by atoms with E-state index in [0.29, 0.717) is 0 Å². The number of aliphatic hydroxyl groups excluding tert-OH is 2. The Morgan fingerprint density at radius 2 is 1.58 bits per heavy atom. The Kier molecular flexibility index (Phi) is 20.4. The topological polar surface area (TPSA) is 259 Å². The predicted molar refractivity (Wildman–Crippen MR) is 82.8 cm³/mol. The van der Waals surface area contributed by atoms with Crippen molar-refractivity contribution in [3.63, 3.8) is 0 Å². The van der Waals surface area contributed by atoms with Gasteiger partial charge in [-0.1, -0.05) is 0 Å². The zero-order valence-corrected chi connectivity index (χ0v) is 29.2. The van der Waals surface area contributed by atoms with E-state index in [1.807, 2.05) is 0 Å². The number of aromatic nitrogens is 2. The molecule has 0 aromatic carbocycles. The minimum atomic E-state index is -6.14. The maximum Gasteiger partial charge on any atom is 1.00 e. The molecule has 16 nitrogen and oxygen atoms in total. The van der Waals surface area contributed by atoms with E-state index in [1.54, 1.807) is 0 Å². The molecule has 1 aliphatic heterocycles. The Bertz CT molecular complexity index is 1020. The second-order valence-corrected chi connectivity index (χ2v) is 10.00. The van der Waals surface area contributed by atoms with Crippen LogP contribution >= 0.6 is 35.7 Å². The Balaban J connectivity index is -0.00000225. The molecule has 2 rings (SSSR count). The number of phosphoric ester groups is 1. The van der Waals surface area contributed by atoms with Gasteiger partial charge in [-0.3, -0.25) is 27.8 Å². The molecule has 24 heteroatoms. The summed E-state index contributed by atoms with van der Waals surface area (Å²) in [7, 11) is -18.1. The van der Waals surface area contributed by atoms with E-state index >= 15 is 0 Å². The summed E-state index contributed by atoms with van der Waals surface area (Å²) < 4.78 is 49.4. The number of hydrogen-bond acceptors (Lipinski definition) is 15. The summed E-state index contributed by atoms with van der Waals surface area (Å²) in [6, 6.07) is 1.03. The van der Waals surface area contributed by atoms with E-state index in [-0.39, 0.29) is 123 Å². The van der Waals surface area contributed by atoms with Gasteiger partial charge in [-0.25, -0.2) is 4.31 Å². The molecule has 3 N–H and O–H groups in total. The number of ether oxygens (including phenoxy) is 1. The summed E-state index contributed by atoms with van der Waals surface area (Å²) >= 11 is 4.87. The molecule has 0 spiro atoms. The molecule has 0 saturated carbocycles. The minimum absolute atomic E-state index is 0. The summed E-state index contributed by atoms with van der Waals surface area (Å²) in [6.07, 6.45) is -5.24. The molecule has 1 fully saturated rings. The fourth-order valence-electron chi connectivity index (χ4n) is 2.17. The first kappa shape index (κ1) is 40.9. The smallest absolute Gasteiger partial charge is 0.790 e. The van der Waals surface area contributed by atoms with Crippen molar-refractivity contribution in [1.82, 2.24) is 9.55 Å². The molecule has 0 radical (unpaired) electrons. The van der Waals surface area contributed by atoms with Crippen LogP contribution in [-0.4, -0.2) is 44.7 Å². The molecule has 6 atom stereocenters. The van der Waals surface area contributed by atoms with Gasteiger partial charge in [0.15, 0.2) is 11.0 Å². The maximum absolute atomic E-state index is 11.5. The third-order valence-electron chi connectivity index (χ3n) is 3.26. The summed E-state index contributed by atoms with van der Waals surface area (Å²) in [4.78, 5) is 56.5. The van der Waals surface area contributed by atoms with Gasteiger partial charge in [0.25, 0.3) is 21.2 Å². The summed E-state index contributed by atoms with van der Waals surface area (Å²) in [5, 5.41) is 20.0. The van der Waals surface area contributed by atoms with E-state index in [9.17, 15) is 48.3 Å². The van der Waals surface area contributed by atoms with E-state index in [0.717, 1.165) is 16.8 Å². The summed E-state index contributed by atoms with van der Waals surface area (Å²) in [6.45, 7) is -1.10. The van der Waals surface area contributed by atoms with Gasteiger partial charge in [0.05, 0.1) is 14.4 Å². The normalized spacial score (nSPS) is 25.8. The number of hydrogen-bond donors (Lipinski definition) is 3. The molecule has 2 heterocycles. The fourth-order valence-corrected chi connectivity index (χ4v) is 5.30. The minimum Gasteiger partial charge on any atom is -0.790 e. The van der Waals surface area contributed by atoms with Gasteiger partial charge in [0, 0.05) is 12.3 Å². The van der Waals surface area contributed by atoms with E-state index in [4.69, 9.17) is 17.0 Å². The second kappa shape index (κ2) is 16.5. The molecule has 1 aromatic rings. The van der Waals surface area contributed by atoms with Crippen molar-refractivity contribution >= 4 is 35.7 Å². The Labute approximate surface area is 279 Å². The van der Waals surface area contributed by atoms with Crippen molar-refractivity contribution in [2.75, 3.05) is 6.61 Å². The maximum atomic E-state index is 11.5. The number of rotatable bonds is 8. The molecule has 1 aliphatic rings. The van der Waals surface area contributed by atoms with Crippen LogP contribution in [0.5, 0.6) is 0 Å². The molecule has 6 unspecified atom stereocenters. The number of nitrogens with one attached hydrogen (secondary N) is 1. The van der Waals surface area contributed by atoms with Gasteiger partial charge in [-0.05, 0) is 12.2 Å². The van der Waals surface area contributed by atoms with Crippen LogP contribution in [0.15, 0.2) is 17.1 Å². The number of phosphoric acid groups is 3. The standard InChI is InChI=1S/C9H15N2O14P3S.4Na/c12-5-1-2-11(9(29)10-5)8-7(14)6(13)4(23-8)3-22-27(18,19)25-28(20,21)24-26(15,16)17;;;;/h1-2,4,6-8,13-14H,3H2,(H,18,19)(H,20,21)(H,10,12,29)(H2,15,16,17);;;;/q;4*+1/p-4. The van der Waals surface area contributed by atoms with E-state index in [1.165, 1.54) is 0 Å². The molecule has 0 amide bonds. The van der Waals surface area contributed by atoms with E-state index < -0.39 is 60.2 Å². The predicted octanol–water partition coefficient (Wildman–Crippen LogP) is -15.6. The van der Waals surface area contributed by atoms with Crippen molar-refractivity contribution in [3.8, 4) is 0 Å². The van der Waals surface area contributed by atoms with Gasteiger partial charge < -0.3 is 43.6 Å². The molecule has 33 heavy (non-hydrogen) atoms. The largest absolute Gasteiger partial charge is 1.00 e. The molecule has 0 aliphatic carbocycles. The van der Waals surface area contributed by atoms with Crippen molar-refractivity contribution < 1.29 is 180 Å². The first-order valence-corrected chi connectivity index (χ1v) is 11.9. The first-order chi connectivity index (χ1) is 13.1. The average molecular weight is 588 g/mol. The number of aliphatic hydroxyl groups is 2. The monoisotopic (exact) mass is 588 g/mol. The van der Waals surface area contributed by atoms with Crippen molar-refractivity contribution in [3.05, 3.63) is 27.4 Å². The zero-order valence-electron chi connectivity index (χ0n) is 17.7.